The number of aliphatic carboxylic acids is 1. The van der Waals surface area contributed by atoms with Crippen LogP contribution < -0.4 is 5.63 Å². The van der Waals surface area contributed by atoms with E-state index in [1.165, 1.54) is 37.7 Å². The first kappa shape index (κ1) is 24.1. The zero-order chi connectivity index (χ0) is 24.3. The minimum absolute atomic E-state index is 0.0285. The molecule has 0 aromatic carbocycles. The Morgan fingerprint density at radius 3 is 2.53 bits per heavy atom. The van der Waals surface area contributed by atoms with Crippen LogP contribution in [0.3, 0.4) is 0 Å². The highest BCUT2D eigenvalue weighted by Crippen LogP contribution is 2.77. The van der Waals surface area contributed by atoms with Gasteiger partial charge in [0.1, 0.15) is 5.60 Å². The molecule has 2 N–H and O–H groups in total. The first-order valence-corrected chi connectivity index (χ1v) is 13.3. The Morgan fingerprint density at radius 2 is 1.88 bits per heavy atom. The second-order valence-electron chi connectivity index (χ2n) is 12.1. The van der Waals surface area contributed by atoms with Gasteiger partial charge in [0.05, 0.1) is 18.5 Å². The topological polar surface area (TPSA) is 100 Å². The number of aliphatic hydroxyl groups excluding tert-OH is 1. The molecule has 4 saturated carbocycles. The number of carboxylic acid groups (broad SMARTS) is 1. The van der Waals surface area contributed by atoms with E-state index in [4.69, 9.17) is 14.3 Å². The van der Waals surface area contributed by atoms with E-state index in [-0.39, 0.29) is 22.7 Å². The van der Waals surface area contributed by atoms with Gasteiger partial charge in [-0.15, -0.1) is 0 Å². The van der Waals surface area contributed by atoms with Gasteiger partial charge in [0.25, 0.3) is 0 Å². The molecule has 0 unspecified atom stereocenters. The minimum atomic E-state index is -0.711. The van der Waals surface area contributed by atoms with Gasteiger partial charge >= 0.3 is 11.6 Å². The van der Waals surface area contributed by atoms with Crippen LogP contribution in [0.1, 0.15) is 96.5 Å². The number of epoxide rings is 1. The predicted molar refractivity (Wildman–Crippen MR) is 127 cm³/mol. The molecule has 5 fully saturated rings. The molecular formula is C28H40O6. The van der Waals surface area contributed by atoms with Crippen molar-refractivity contribution >= 4 is 5.97 Å². The molecule has 2 heterocycles. The van der Waals surface area contributed by atoms with E-state index in [1.54, 1.807) is 12.3 Å². The fraction of sp³-hybridized carbons (Fsp3) is 0.786. The number of hydrogen-bond acceptors (Lipinski definition) is 5. The molecule has 1 aromatic heterocycles. The summed E-state index contributed by atoms with van der Waals surface area (Å²) in [7, 11) is 0. The Hall–Kier alpha value is -1.66. The largest absolute Gasteiger partial charge is 0.481 e. The summed E-state index contributed by atoms with van der Waals surface area (Å²) in [6.45, 7) is 6.81. The number of ether oxygens (including phenoxy) is 1. The molecule has 6 nitrogen and oxygen atoms in total. The van der Waals surface area contributed by atoms with Crippen molar-refractivity contribution in [2.24, 2.45) is 28.6 Å². The molecule has 34 heavy (non-hydrogen) atoms. The van der Waals surface area contributed by atoms with Gasteiger partial charge in [-0.05, 0) is 98.5 Å². The van der Waals surface area contributed by atoms with Gasteiger partial charge in [-0.3, -0.25) is 4.79 Å². The van der Waals surface area contributed by atoms with Crippen LogP contribution in [0, 0.1) is 28.6 Å². The first-order chi connectivity index (χ1) is 16.2. The Kier molecular flexibility index (Phi) is 6.00. The zero-order valence-electron chi connectivity index (χ0n) is 20.8. The molecule has 0 amide bonds. The van der Waals surface area contributed by atoms with Crippen LogP contribution in [-0.4, -0.2) is 34.0 Å². The van der Waals surface area contributed by atoms with Crippen molar-refractivity contribution < 1.29 is 24.2 Å². The molecule has 4 aliphatic carbocycles. The van der Waals surface area contributed by atoms with E-state index < -0.39 is 5.97 Å². The number of rotatable bonds is 3. The molecular weight excluding hydrogens is 432 g/mol. The second kappa shape index (κ2) is 8.48. The van der Waals surface area contributed by atoms with Gasteiger partial charge in [0.2, 0.25) is 0 Å². The molecule has 9 atom stereocenters. The third kappa shape index (κ3) is 3.50. The van der Waals surface area contributed by atoms with Crippen molar-refractivity contribution in [1.82, 2.24) is 0 Å². The van der Waals surface area contributed by atoms with E-state index in [9.17, 15) is 14.7 Å². The lowest BCUT2D eigenvalue weighted by molar-refractivity contribution is -0.139. The lowest BCUT2D eigenvalue weighted by Gasteiger charge is -2.61. The molecule has 188 valence electrons. The van der Waals surface area contributed by atoms with Crippen molar-refractivity contribution in [3.8, 4) is 0 Å². The van der Waals surface area contributed by atoms with Gasteiger partial charge in [0, 0.05) is 17.9 Å². The molecule has 6 heteroatoms. The van der Waals surface area contributed by atoms with E-state index in [0.717, 1.165) is 31.6 Å². The fourth-order valence-corrected chi connectivity index (χ4v) is 8.95. The first-order valence-electron chi connectivity index (χ1n) is 13.3. The van der Waals surface area contributed by atoms with E-state index in [2.05, 4.69) is 13.8 Å². The maximum absolute atomic E-state index is 11.4. The third-order valence-electron chi connectivity index (χ3n) is 10.6. The number of carbonyl (C=O) groups is 1. The summed E-state index contributed by atoms with van der Waals surface area (Å²) in [5.41, 5.74) is 1.44. The normalized spacial score (nSPS) is 46.1. The summed E-state index contributed by atoms with van der Waals surface area (Å²) >= 11 is 0. The number of aliphatic hydroxyl groups is 1. The lowest BCUT2D eigenvalue weighted by Crippen LogP contribution is -2.58. The Bertz CT molecular complexity index is 967. The molecule has 0 radical (unpaired) electrons. The van der Waals surface area contributed by atoms with Crippen molar-refractivity contribution in [3.63, 3.8) is 0 Å². The standard InChI is InChI=1S/C24H32O4.C4H8O2/c1-22-9-7-16(25)11-15(22)4-5-18-17(22)8-10-23(2)19(12-20-24(18,23)28-20)14-3-6-21(26)27-13-14;1-2-3-4(5)6/h3,6,13,15-20,25H,4-5,7-12H2,1-2H3;2-3H2,1H3,(H,5,6)/t15-,16+,17+,18-,19-,20-,22+,23-,24-;/m1./s1. The minimum Gasteiger partial charge on any atom is -0.481 e. The van der Waals surface area contributed by atoms with Crippen LogP contribution in [0.15, 0.2) is 27.6 Å². The maximum atomic E-state index is 11.4. The fourth-order valence-electron chi connectivity index (χ4n) is 8.95. The van der Waals surface area contributed by atoms with Crippen LogP contribution in [0.5, 0.6) is 0 Å². The lowest BCUT2D eigenvalue weighted by atomic mass is 9.44. The zero-order valence-corrected chi connectivity index (χ0v) is 20.8. The van der Waals surface area contributed by atoms with Crippen LogP contribution >= 0.6 is 0 Å². The molecule has 6 rings (SSSR count). The van der Waals surface area contributed by atoms with E-state index >= 15 is 0 Å². The third-order valence-corrected chi connectivity index (χ3v) is 10.6. The number of carboxylic acids is 1. The van der Waals surface area contributed by atoms with Gasteiger partial charge in [-0.25, -0.2) is 4.79 Å². The average molecular weight is 473 g/mol. The smallest absolute Gasteiger partial charge is 0.335 e. The van der Waals surface area contributed by atoms with Crippen molar-refractivity contribution in [1.29, 1.82) is 0 Å². The molecule has 1 saturated heterocycles. The van der Waals surface area contributed by atoms with Crippen molar-refractivity contribution in [2.75, 3.05) is 0 Å². The highest BCUT2D eigenvalue weighted by molar-refractivity contribution is 5.66. The van der Waals surface area contributed by atoms with Crippen LogP contribution in [-0.2, 0) is 9.53 Å². The maximum Gasteiger partial charge on any atom is 0.335 e. The van der Waals surface area contributed by atoms with Crippen molar-refractivity contribution in [3.05, 3.63) is 34.4 Å². The van der Waals surface area contributed by atoms with E-state index in [1.807, 2.05) is 13.0 Å². The molecule has 1 spiro atoms. The van der Waals surface area contributed by atoms with Gasteiger partial charge in [0.15, 0.2) is 0 Å². The molecule has 0 bridgehead atoms. The van der Waals surface area contributed by atoms with Crippen LogP contribution in [0.25, 0.3) is 0 Å². The van der Waals surface area contributed by atoms with Gasteiger partial charge in [-0.1, -0.05) is 20.8 Å². The predicted octanol–water partition coefficient (Wildman–Crippen LogP) is 5.13. The number of hydrogen-bond donors (Lipinski definition) is 2. The van der Waals surface area contributed by atoms with Gasteiger partial charge < -0.3 is 19.4 Å². The average Bonchev–Trinajstić information content (AvgIpc) is 3.45. The highest BCUT2D eigenvalue weighted by Gasteiger charge is 2.80. The Labute approximate surface area is 202 Å². The molecule has 1 aliphatic heterocycles. The SMILES string of the molecule is CCCC(=O)O.C[C@]12CC[C@H](O)C[C@H]1CC[C@@H]1[C@@H]2CC[C@]2(C)[C@@H](c3ccc(=O)oc3)C[C@H]3O[C@]132. The van der Waals surface area contributed by atoms with Gasteiger partial charge in [-0.2, -0.15) is 0 Å². The summed E-state index contributed by atoms with van der Waals surface area (Å²) in [5.74, 6) is 1.77. The highest BCUT2D eigenvalue weighted by atomic mass is 16.6. The summed E-state index contributed by atoms with van der Waals surface area (Å²) < 4.78 is 11.8. The van der Waals surface area contributed by atoms with Crippen LogP contribution in [0.2, 0.25) is 0 Å². The van der Waals surface area contributed by atoms with Crippen LogP contribution in [0.4, 0.5) is 0 Å². The molecule has 5 aliphatic rings. The monoisotopic (exact) mass is 472 g/mol. The Balaban J connectivity index is 0.000000360. The quantitative estimate of drug-likeness (QED) is 0.592. The summed E-state index contributed by atoms with van der Waals surface area (Å²) in [6, 6.07) is 3.55. The van der Waals surface area contributed by atoms with E-state index in [0.29, 0.717) is 35.7 Å². The van der Waals surface area contributed by atoms with Crippen molar-refractivity contribution in [2.45, 2.75) is 109 Å². The second-order valence-corrected chi connectivity index (χ2v) is 12.1. The summed E-state index contributed by atoms with van der Waals surface area (Å²) in [6.07, 6.45) is 12.2. The molecule has 1 aromatic rings. The Morgan fingerprint density at radius 1 is 1.09 bits per heavy atom. The number of fused-ring (bicyclic) bond motifs is 3. The summed E-state index contributed by atoms with van der Waals surface area (Å²) in [5, 5.41) is 18.1. The summed E-state index contributed by atoms with van der Waals surface area (Å²) in [4.78, 5) is 21.0.